The van der Waals surface area contributed by atoms with E-state index in [1.165, 1.54) is 7.82 Å². The Morgan fingerprint density at radius 3 is 2.00 bits per heavy atom. The van der Waals surface area contributed by atoms with E-state index < -0.39 is 0 Å². The summed E-state index contributed by atoms with van der Waals surface area (Å²) < 4.78 is 3.61. The van der Waals surface area contributed by atoms with Crippen molar-refractivity contribution in [2.75, 3.05) is 0 Å². The molecule has 0 fully saturated rings. The molecule has 4 heteroatoms. The Kier molecular flexibility index (Phi) is 2.85. The zero-order valence-electron chi connectivity index (χ0n) is 3.62. The normalized spacial score (nSPS) is 9.88. The molecule has 0 radical (unpaired) electrons. The van der Waals surface area contributed by atoms with Gasteiger partial charge in [0.15, 0.2) is 0 Å². The molecule has 1 heterocycles. The summed E-state index contributed by atoms with van der Waals surface area (Å²) in [7, 11) is 0. The second kappa shape index (κ2) is 3.02. The van der Waals surface area contributed by atoms with Crippen molar-refractivity contribution >= 4 is 62.3 Å². The van der Waals surface area contributed by atoms with Gasteiger partial charge in [0.2, 0.25) is 0 Å². The van der Waals surface area contributed by atoms with Gasteiger partial charge in [-0.3, -0.25) is 0 Å². The molecule has 0 bridgehead atoms. The Bertz CT molecular complexity index is 174. The van der Waals surface area contributed by atoms with Crippen LogP contribution in [0.5, 0.6) is 0 Å². The van der Waals surface area contributed by atoms with Gasteiger partial charge in [0.05, 0.1) is 0 Å². The Morgan fingerprint density at radius 2 is 1.88 bits per heavy atom. The molecule has 44 valence electrons. The molecule has 0 saturated carbocycles. The van der Waals surface area contributed by atoms with Crippen molar-refractivity contribution in [1.29, 1.82) is 0 Å². The topological polar surface area (TPSA) is 0 Å². The maximum absolute atomic E-state index is 3.42. The SMILES string of the molecule is Brc1c[se]c(Br)c1Br. The molecule has 0 N–H and O–H groups in total. The molecule has 0 aromatic carbocycles. The molecule has 0 aliphatic carbocycles. The second-order valence-corrected chi connectivity index (χ2v) is 6.64. The molecule has 1 aromatic heterocycles. The zero-order chi connectivity index (χ0) is 6.15. The minimum absolute atomic E-state index is 0.512. The van der Waals surface area contributed by atoms with E-state index in [-0.39, 0.29) is 0 Å². The van der Waals surface area contributed by atoms with Crippen LogP contribution < -0.4 is 0 Å². The molecule has 0 atom stereocenters. The van der Waals surface area contributed by atoms with E-state index in [9.17, 15) is 0 Å². The third-order valence-corrected chi connectivity index (χ3v) is 7.41. The summed E-state index contributed by atoms with van der Waals surface area (Å²) in [5, 5.41) is 0. The van der Waals surface area contributed by atoms with E-state index >= 15 is 0 Å². The molecule has 0 nitrogen and oxygen atoms in total. The quantitative estimate of drug-likeness (QED) is 0.618. The first-order chi connectivity index (χ1) is 3.72. The zero-order valence-corrected chi connectivity index (χ0v) is 10.1. The third-order valence-electron chi connectivity index (χ3n) is 0.648. The summed E-state index contributed by atoms with van der Waals surface area (Å²) in [4.78, 5) is 2.17. The molecular weight excluding hydrogens is 367 g/mol. The summed E-state index contributed by atoms with van der Waals surface area (Å²) >= 11 is 10.7. The van der Waals surface area contributed by atoms with Gasteiger partial charge in [-0.15, -0.1) is 0 Å². The first-order valence-electron chi connectivity index (χ1n) is 1.80. The molecule has 0 saturated heterocycles. The van der Waals surface area contributed by atoms with Crippen molar-refractivity contribution in [2.45, 2.75) is 0 Å². The molecule has 0 aliphatic heterocycles. The molecule has 0 unspecified atom stereocenters. The number of hydrogen-bond donors (Lipinski definition) is 0. The van der Waals surface area contributed by atoms with Gasteiger partial charge in [-0.1, -0.05) is 0 Å². The van der Waals surface area contributed by atoms with Crippen LogP contribution >= 0.6 is 47.8 Å². The van der Waals surface area contributed by atoms with Crippen molar-refractivity contribution in [3.8, 4) is 0 Å². The Labute approximate surface area is 78.8 Å². The number of hydrogen-bond acceptors (Lipinski definition) is 0. The van der Waals surface area contributed by atoms with Crippen LogP contribution in [-0.4, -0.2) is 14.5 Å². The standard InChI is InChI=1S/C4HBr3Se/c5-2-1-8-4(7)3(2)6/h1H. The molecule has 1 aromatic rings. The van der Waals surface area contributed by atoms with Crippen LogP contribution in [0.3, 0.4) is 0 Å². The number of halogens is 3. The van der Waals surface area contributed by atoms with Crippen LogP contribution in [-0.2, 0) is 0 Å². The van der Waals surface area contributed by atoms with Crippen LogP contribution in [0.4, 0.5) is 0 Å². The monoisotopic (exact) mass is 366 g/mol. The van der Waals surface area contributed by atoms with Crippen LogP contribution in [0.1, 0.15) is 0 Å². The maximum atomic E-state index is 3.42. The summed E-state index contributed by atoms with van der Waals surface area (Å²) in [6.07, 6.45) is 0. The van der Waals surface area contributed by atoms with E-state index in [4.69, 9.17) is 0 Å². The minimum atomic E-state index is 0.512. The summed E-state index contributed by atoms with van der Waals surface area (Å²) in [5.74, 6) is 0. The van der Waals surface area contributed by atoms with Crippen LogP contribution in [0.2, 0.25) is 0 Å². The molecular formula is C4HBr3Se. The molecule has 0 spiro atoms. The van der Waals surface area contributed by atoms with Crippen LogP contribution in [0.15, 0.2) is 17.2 Å². The first kappa shape index (κ1) is 7.55. The van der Waals surface area contributed by atoms with Gasteiger partial charge in [-0.2, -0.15) is 0 Å². The van der Waals surface area contributed by atoms with E-state index in [0.717, 1.165) is 4.47 Å². The first-order valence-corrected chi connectivity index (χ1v) is 6.02. The van der Waals surface area contributed by atoms with E-state index in [0.29, 0.717) is 14.5 Å². The van der Waals surface area contributed by atoms with Gasteiger partial charge in [-0.25, -0.2) is 0 Å². The van der Waals surface area contributed by atoms with E-state index in [1.54, 1.807) is 0 Å². The van der Waals surface area contributed by atoms with Crippen LogP contribution in [0.25, 0.3) is 0 Å². The van der Waals surface area contributed by atoms with Gasteiger partial charge in [-0.05, 0) is 0 Å². The summed E-state index contributed by atoms with van der Waals surface area (Å²) in [6.45, 7) is 0. The van der Waals surface area contributed by atoms with Crippen LogP contribution in [0, 0.1) is 0 Å². The second-order valence-electron chi connectivity index (χ2n) is 1.17. The van der Waals surface area contributed by atoms with Gasteiger partial charge in [0, 0.05) is 0 Å². The molecule has 0 aliphatic rings. The predicted octanol–water partition coefficient (Wildman–Crippen LogP) is 3.03. The Balaban J connectivity index is 3.19. The van der Waals surface area contributed by atoms with Crippen molar-refractivity contribution in [3.63, 3.8) is 0 Å². The summed E-state index contributed by atoms with van der Waals surface area (Å²) in [5.41, 5.74) is 0. The molecule has 8 heavy (non-hydrogen) atoms. The molecule has 0 amide bonds. The van der Waals surface area contributed by atoms with Crippen molar-refractivity contribution in [3.05, 3.63) is 17.2 Å². The fraction of sp³-hybridized carbons (Fsp3) is 0. The fourth-order valence-corrected chi connectivity index (χ4v) is 4.32. The van der Waals surface area contributed by atoms with E-state index in [2.05, 4.69) is 52.7 Å². The van der Waals surface area contributed by atoms with Gasteiger partial charge in [0.1, 0.15) is 0 Å². The predicted molar refractivity (Wildman–Crippen MR) is 46.5 cm³/mol. The Morgan fingerprint density at radius 1 is 1.25 bits per heavy atom. The van der Waals surface area contributed by atoms with Gasteiger partial charge in [0.25, 0.3) is 0 Å². The molecule has 1 rings (SSSR count). The van der Waals surface area contributed by atoms with E-state index in [1.807, 2.05) is 0 Å². The number of rotatable bonds is 0. The van der Waals surface area contributed by atoms with Gasteiger partial charge < -0.3 is 0 Å². The summed E-state index contributed by atoms with van der Waals surface area (Å²) in [6, 6.07) is 0. The third kappa shape index (κ3) is 1.48. The fourth-order valence-electron chi connectivity index (χ4n) is 0.301. The van der Waals surface area contributed by atoms with Crippen molar-refractivity contribution in [2.24, 2.45) is 0 Å². The average molecular weight is 368 g/mol. The van der Waals surface area contributed by atoms with Gasteiger partial charge >= 0.3 is 79.5 Å². The average Bonchev–Trinajstić information content (AvgIpc) is 1.98. The van der Waals surface area contributed by atoms with Crippen molar-refractivity contribution < 1.29 is 0 Å². The Hall–Kier alpha value is 1.44. The van der Waals surface area contributed by atoms with Crippen molar-refractivity contribution in [1.82, 2.24) is 0 Å².